The van der Waals surface area contributed by atoms with Crippen molar-refractivity contribution in [3.8, 4) is 0 Å². The Kier molecular flexibility index (Phi) is 5.71. The van der Waals surface area contributed by atoms with Crippen molar-refractivity contribution in [3.63, 3.8) is 0 Å². The molecule has 1 unspecified atom stereocenters. The molecule has 6 heteroatoms. The first-order valence-electron chi connectivity index (χ1n) is 4.58. The minimum absolute atomic E-state index is 0.00919. The van der Waals surface area contributed by atoms with E-state index in [4.69, 9.17) is 5.73 Å². The molecule has 1 amide bonds. The molecule has 0 aromatic carbocycles. The Morgan fingerprint density at radius 2 is 2.07 bits per heavy atom. The van der Waals surface area contributed by atoms with E-state index < -0.39 is 9.84 Å². The molecule has 0 saturated heterocycles. The lowest BCUT2D eigenvalue weighted by molar-refractivity contribution is -0.120. The first-order valence-corrected chi connectivity index (χ1v) is 6.40. The van der Waals surface area contributed by atoms with Crippen LogP contribution in [0.4, 0.5) is 0 Å². The number of carbonyl (C=O) groups excluding carboxylic acids is 1. The molecule has 0 bridgehead atoms. The fraction of sp³-hybridized carbons (Fsp3) is 0.875. The van der Waals surface area contributed by atoms with Crippen LogP contribution in [-0.2, 0) is 14.6 Å². The Labute approximate surface area is 85.0 Å². The van der Waals surface area contributed by atoms with Crippen LogP contribution >= 0.6 is 0 Å². The molecule has 0 aliphatic rings. The largest absolute Gasteiger partial charge is 0.359 e. The molecule has 5 nitrogen and oxygen atoms in total. The Morgan fingerprint density at radius 3 is 2.50 bits per heavy atom. The van der Waals surface area contributed by atoms with Crippen molar-refractivity contribution in [1.29, 1.82) is 0 Å². The maximum Gasteiger partial charge on any atom is 0.220 e. The van der Waals surface area contributed by atoms with Crippen LogP contribution in [0.25, 0.3) is 0 Å². The van der Waals surface area contributed by atoms with Gasteiger partial charge in [0.15, 0.2) is 9.84 Å². The zero-order chi connectivity index (χ0) is 11.2. The number of hydrogen-bond donors (Lipinski definition) is 2. The Hall–Kier alpha value is -0.620. The Bertz CT molecular complexity index is 274. The highest BCUT2D eigenvalue weighted by atomic mass is 32.2. The molecule has 0 aromatic rings. The van der Waals surface area contributed by atoms with Gasteiger partial charge in [0.2, 0.25) is 5.91 Å². The molecule has 1 atom stereocenters. The van der Waals surface area contributed by atoms with Crippen LogP contribution < -0.4 is 11.1 Å². The fourth-order valence-electron chi connectivity index (χ4n) is 0.901. The second kappa shape index (κ2) is 5.98. The summed E-state index contributed by atoms with van der Waals surface area (Å²) in [5.74, 6) is -0.431. The van der Waals surface area contributed by atoms with E-state index in [9.17, 15) is 13.2 Å². The van der Waals surface area contributed by atoms with E-state index >= 15 is 0 Å². The summed E-state index contributed by atoms with van der Waals surface area (Å²) >= 11 is 0. The maximum absolute atomic E-state index is 11.4. The van der Waals surface area contributed by atoms with Gasteiger partial charge in [0, 0.05) is 19.5 Å². The minimum atomic E-state index is -3.18. The smallest absolute Gasteiger partial charge is 0.220 e. The van der Waals surface area contributed by atoms with Gasteiger partial charge in [-0.3, -0.25) is 4.79 Å². The summed E-state index contributed by atoms with van der Waals surface area (Å²) in [5, 5.41) is 2.37. The number of rotatable bonds is 6. The van der Waals surface area contributed by atoms with Gasteiger partial charge in [-0.05, 0) is 6.42 Å². The topological polar surface area (TPSA) is 89.3 Å². The van der Waals surface area contributed by atoms with E-state index in [1.807, 2.05) is 6.92 Å². The zero-order valence-electron chi connectivity index (χ0n) is 8.62. The Balaban J connectivity index is 4.02. The molecule has 0 aliphatic heterocycles. The van der Waals surface area contributed by atoms with Gasteiger partial charge in [0.1, 0.15) is 0 Å². The molecular weight excluding hydrogens is 204 g/mol. The zero-order valence-corrected chi connectivity index (χ0v) is 9.43. The van der Waals surface area contributed by atoms with Gasteiger partial charge < -0.3 is 11.1 Å². The van der Waals surface area contributed by atoms with Crippen molar-refractivity contribution < 1.29 is 13.2 Å². The van der Waals surface area contributed by atoms with Crippen molar-refractivity contribution >= 4 is 15.7 Å². The van der Waals surface area contributed by atoms with Crippen molar-refractivity contribution in [2.45, 2.75) is 25.8 Å². The third kappa shape index (κ3) is 5.93. The van der Waals surface area contributed by atoms with Crippen LogP contribution in [0.15, 0.2) is 0 Å². The molecule has 0 aromatic heterocycles. The van der Waals surface area contributed by atoms with Crippen molar-refractivity contribution in [2.24, 2.45) is 5.73 Å². The van der Waals surface area contributed by atoms with Crippen molar-refractivity contribution in [3.05, 3.63) is 0 Å². The summed E-state index contributed by atoms with van der Waals surface area (Å²) < 4.78 is 22.7. The minimum Gasteiger partial charge on any atom is -0.359 e. The third-order valence-electron chi connectivity index (χ3n) is 1.91. The number of sulfone groups is 1. The molecule has 84 valence electrons. The van der Waals surface area contributed by atoms with Crippen LogP contribution in [0.3, 0.4) is 0 Å². The summed E-state index contributed by atoms with van der Waals surface area (Å²) in [6.07, 6.45) is 0.633. The average Bonchev–Trinajstić information content (AvgIpc) is 2.13. The van der Waals surface area contributed by atoms with Crippen LogP contribution in [0, 0.1) is 0 Å². The molecule has 0 radical (unpaired) electrons. The van der Waals surface area contributed by atoms with E-state index in [1.165, 1.54) is 7.05 Å². The highest BCUT2D eigenvalue weighted by Crippen LogP contribution is 1.98. The number of nitrogens with two attached hydrogens (primary N) is 1. The lowest BCUT2D eigenvalue weighted by Crippen LogP contribution is -2.31. The summed E-state index contributed by atoms with van der Waals surface area (Å²) in [6.45, 7) is 1.83. The second-order valence-corrected chi connectivity index (χ2v) is 5.43. The van der Waals surface area contributed by atoms with Gasteiger partial charge in [-0.2, -0.15) is 0 Å². The number of hydrogen-bond acceptors (Lipinski definition) is 4. The third-order valence-corrected chi connectivity index (χ3v) is 3.67. The highest BCUT2D eigenvalue weighted by molar-refractivity contribution is 7.91. The summed E-state index contributed by atoms with van der Waals surface area (Å²) in [7, 11) is -1.71. The summed E-state index contributed by atoms with van der Waals surface area (Å²) in [4.78, 5) is 10.8. The van der Waals surface area contributed by atoms with E-state index in [1.54, 1.807) is 0 Å². The second-order valence-electron chi connectivity index (χ2n) is 3.21. The van der Waals surface area contributed by atoms with Gasteiger partial charge in [0.05, 0.1) is 11.5 Å². The monoisotopic (exact) mass is 222 g/mol. The molecule has 0 fully saturated rings. The maximum atomic E-state index is 11.4. The van der Waals surface area contributed by atoms with Crippen molar-refractivity contribution in [1.82, 2.24) is 5.32 Å². The quantitative estimate of drug-likeness (QED) is 0.620. The van der Waals surface area contributed by atoms with Gasteiger partial charge in [-0.15, -0.1) is 0 Å². The SMILES string of the molecule is CCC(N)CS(=O)(=O)CCC(=O)NC. The number of carbonyl (C=O) groups is 1. The van der Waals surface area contributed by atoms with Crippen molar-refractivity contribution in [2.75, 3.05) is 18.6 Å². The standard InChI is InChI=1S/C8H18N2O3S/c1-3-7(9)6-14(12,13)5-4-8(11)10-2/h7H,3-6,9H2,1-2H3,(H,10,11). The van der Waals surface area contributed by atoms with Gasteiger partial charge in [-0.1, -0.05) is 6.92 Å². The average molecular weight is 222 g/mol. The lowest BCUT2D eigenvalue weighted by Gasteiger charge is -2.08. The first-order chi connectivity index (χ1) is 6.41. The molecule has 0 rings (SSSR count). The molecule has 3 N–H and O–H groups in total. The number of amides is 1. The predicted molar refractivity (Wildman–Crippen MR) is 55.6 cm³/mol. The predicted octanol–water partition coefficient (Wildman–Crippen LogP) is -0.725. The molecule has 14 heavy (non-hydrogen) atoms. The highest BCUT2D eigenvalue weighted by Gasteiger charge is 2.16. The fourth-order valence-corrected chi connectivity index (χ4v) is 2.45. The number of nitrogens with one attached hydrogen (secondary N) is 1. The van der Waals surface area contributed by atoms with Crippen LogP contribution in [0.2, 0.25) is 0 Å². The summed E-state index contributed by atoms with van der Waals surface area (Å²) in [5.41, 5.74) is 5.52. The first kappa shape index (κ1) is 13.4. The van der Waals surface area contributed by atoms with Crippen LogP contribution in [0.5, 0.6) is 0 Å². The summed E-state index contributed by atoms with van der Waals surface area (Å²) in [6, 6.07) is -0.329. The molecule has 0 spiro atoms. The van der Waals surface area contributed by atoms with Crippen LogP contribution in [-0.4, -0.2) is 38.9 Å². The van der Waals surface area contributed by atoms with Gasteiger partial charge in [0.25, 0.3) is 0 Å². The van der Waals surface area contributed by atoms with Crippen LogP contribution in [0.1, 0.15) is 19.8 Å². The normalized spacial score (nSPS) is 13.6. The Morgan fingerprint density at radius 1 is 1.50 bits per heavy atom. The molecular formula is C8H18N2O3S. The van der Waals surface area contributed by atoms with Gasteiger partial charge in [-0.25, -0.2) is 8.42 Å². The van der Waals surface area contributed by atoms with E-state index in [2.05, 4.69) is 5.32 Å². The molecule has 0 heterocycles. The van der Waals surface area contributed by atoms with E-state index in [0.29, 0.717) is 6.42 Å². The van der Waals surface area contributed by atoms with Gasteiger partial charge >= 0.3 is 0 Å². The molecule has 0 aliphatic carbocycles. The molecule has 0 saturated carbocycles. The van der Waals surface area contributed by atoms with E-state index in [-0.39, 0.29) is 29.9 Å². The lowest BCUT2D eigenvalue weighted by atomic mass is 10.3. The van der Waals surface area contributed by atoms with E-state index in [0.717, 1.165) is 0 Å².